The minimum atomic E-state index is -0.484. The minimum Gasteiger partial charge on any atom is -0.389 e. The fourth-order valence-corrected chi connectivity index (χ4v) is 2.02. The Bertz CT molecular complexity index is 158. The van der Waals surface area contributed by atoms with E-state index in [2.05, 4.69) is 18.8 Å². The molecule has 0 bridgehead atoms. The van der Waals surface area contributed by atoms with Gasteiger partial charge in [0.05, 0.1) is 5.60 Å². The second-order valence-electron chi connectivity index (χ2n) is 3.66. The van der Waals surface area contributed by atoms with Crippen LogP contribution >= 0.6 is 0 Å². The summed E-state index contributed by atoms with van der Waals surface area (Å²) in [7, 11) is 0. The van der Waals surface area contributed by atoms with Crippen LogP contribution in [0.1, 0.15) is 26.2 Å². The zero-order valence-electron chi connectivity index (χ0n) is 7.84. The van der Waals surface area contributed by atoms with Crippen LogP contribution in [0.2, 0.25) is 0 Å². The van der Waals surface area contributed by atoms with E-state index in [1.54, 1.807) is 0 Å². The Kier molecular flexibility index (Phi) is 3.29. The van der Waals surface area contributed by atoms with Crippen molar-refractivity contribution >= 4 is 0 Å². The molecule has 0 saturated carbocycles. The summed E-state index contributed by atoms with van der Waals surface area (Å²) in [4.78, 5) is 0. The predicted octanol–water partition coefficient (Wildman–Crippen LogP) is 1.31. The Hall–Kier alpha value is -0.340. The van der Waals surface area contributed by atoms with Crippen molar-refractivity contribution in [3.05, 3.63) is 12.7 Å². The summed E-state index contributed by atoms with van der Waals surface area (Å²) in [5.74, 6) is 0.393. The predicted molar refractivity (Wildman–Crippen MR) is 51.0 cm³/mol. The van der Waals surface area contributed by atoms with Gasteiger partial charge in [0.2, 0.25) is 0 Å². The first-order valence-corrected chi connectivity index (χ1v) is 4.77. The number of rotatable bonds is 3. The van der Waals surface area contributed by atoms with Crippen molar-refractivity contribution in [3.63, 3.8) is 0 Å². The summed E-state index contributed by atoms with van der Waals surface area (Å²) >= 11 is 0. The molecule has 1 fully saturated rings. The highest BCUT2D eigenvalue weighted by molar-refractivity contribution is 4.95. The molecule has 1 aliphatic heterocycles. The van der Waals surface area contributed by atoms with Crippen LogP contribution in [0.15, 0.2) is 12.7 Å². The highest BCUT2D eigenvalue weighted by Crippen LogP contribution is 2.30. The lowest BCUT2D eigenvalue weighted by atomic mass is 9.78. The highest BCUT2D eigenvalue weighted by Gasteiger charge is 2.36. The van der Waals surface area contributed by atoms with Crippen LogP contribution < -0.4 is 5.32 Å². The number of piperidine rings is 1. The summed E-state index contributed by atoms with van der Waals surface area (Å²) in [5.41, 5.74) is -0.484. The molecule has 2 N–H and O–H groups in total. The van der Waals surface area contributed by atoms with Gasteiger partial charge < -0.3 is 10.4 Å². The summed E-state index contributed by atoms with van der Waals surface area (Å²) in [5, 5.41) is 13.5. The van der Waals surface area contributed by atoms with E-state index in [-0.39, 0.29) is 0 Å². The highest BCUT2D eigenvalue weighted by atomic mass is 16.3. The molecule has 12 heavy (non-hydrogen) atoms. The van der Waals surface area contributed by atoms with Gasteiger partial charge in [-0.05, 0) is 25.8 Å². The quantitative estimate of drug-likeness (QED) is 0.624. The molecule has 2 atom stereocenters. The van der Waals surface area contributed by atoms with Gasteiger partial charge in [-0.2, -0.15) is 0 Å². The van der Waals surface area contributed by atoms with Crippen LogP contribution in [0.3, 0.4) is 0 Å². The van der Waals surface area contributed by atoms with E-state index in [1.165, 1.54) is 0 Å². The van der Waals surface area contributed by atoms with Gasteiger partial charge >= 0.3 is 0 Å². The summed E-state index contributed by atoms with van der Waals surface area (Å²) in [6.45, 7) is 7.70. The molecule has 70 valence electrons. The molecule has 1 aliphatic rings. The zero-order chi connectivity index (χ0) is 9.03. The maximum absolute atomic E-state index is 10.2. The second-order valence-corrected chi connectivity index (χ2v) is 3.66. The normalized spacial score (nSPS) is 36.3. The molecule has 0 aromatic rings. The molecule has 2 heteroatoms. The molecule has 0 radical (unpaired) electrons. The topological polar surface area (TPSA) is 32.3 Å². The molecule has 0 amide bonds. The van der Waals surface area contributed by atoms with Gasteiger partial charge in [-0.25, -0.2) is 0 Å². The SMILES string of the molecule is C=CCC1(O)CCNCC1CC. The molecule has 0 aromatic heterocycles. The van der Waals surface area contributed by atoms with E-state index in [4.69, 9.17) is 0 Å². The Morgan fingerprint density at radius 1 is 1.75 bits per heavy atom. The van der Waals surface area contributed by atoms with Crippen molar-refractivity contribution in [2.24, 2.45) is 5.92 Å². The van der Waals surface area contributed by atoms with Crippen molar-refractivity contribution in [3.8, 4) is 0 Å². The summed E-state index contributed by atoms with van der Waals surface area (Å²) in [6.07, 6.45) is 4.45. The van der Waals surface area contributed by atoms with Crippen LogP contribution in [-0.4, -0.2) is 23.8 Å². The van der Waals surface area contributed by atoms with Crippen LogP contribution in [0.25, 0.3) is 0 Å². The van der Waals surface area contributed by atoms with Crippen LogP contribution in [0, 0.1) is 5.92 Å². The molecule has 0 aromatic carbocycles. The maximum atomic E-state index is 10.2. The Morgan fingerprint density at radius 2 is 2.50 bits per heavy atom. The van der Waals surface area contributed by atoms with Crippen molar-refractivity contribution < 1.29 is 5.11 Å². The number of hydrogen-bond acceptors (Lipinski definition) is 2. The van der Waals surface area contributed by atoms with Gasteiger partial charge in [0.15, 0.2) is 0 Å². The first-order valence-electron chi connectivity index (χ1n) is 4.77. The molecule has 2 unspecified atom stereocenters. The monoisotopic (exact) mass is 169 g/mol. The average Bonchev–Trinajstić information content (AvgIpc) is 2.05. The average molecular weight is 169 g/mol. The Morgan fingerprint density at radius 3 is 3.08 bits per heavy atom. The molecule has 1 rings (SSSR count). The number of hydrogen-bond donors (Lipinski definition) is 2. The standard InChI is InChI=1S/C10H19NO/c1-3-5-10(12)6-7-11-8-9(10)4-2/h3,9,11-12H,1,4-8H2,2H3. The molecule has 2 nitrogen and oxygen atoms in total. The maximum Gasteiger partial charge on any atom is 0.0734 e. The van der Waals surface area contributed by atoms with Crippen molar-refractivity contribution in [1.29, 1.82) is 0 Å². The van der Waals surface area contributed by atoms with E-state index >= 15 is 0 Å². The fraction of sp³-hybridized carbons (Fsp3) is 0.800. The summed E-state index contributed by atoms with van der Waals surface area (Å²) in [6, 6.07) is 0. The molecular weight excluding hydrogens is 150 g/mol. The molecule has 0 aliphatic carbocycles. The minimum absolute atomic E-state index is 0.393. The zero-order valence-corrected chi connectivity index (χ0v) is 7.84. The van der Waals surface area contributed by atoms with Gasteiger partial charge in [0.1, 0.15) is 0 Å². The number of aliphatic hydroxyl groups is 1. The second kappa shape index (κ2) is 4.06. The number of nitrogens with one attached hydrogen (secondary N) is 1. The fourth-order valence-electron chi connectivity index (χ4n) is 2.02. The molecular formula is C10H19NO. The van der Waals surface area contributed by atoms with Gasteiger partial charge in [0, 0.05) is 12.5 Å². The third kappa shape index (κ3) is 1.87. The van der Waals surface area contributed by atoms with Crippen LogP contribution in [0.4, 0.5) is 0 Å². The van der Waals surface area contributed by atoms with E-state index in [1.807, 2.05) is 6.08 Å². The summed E-state index contributed by atoms with van der Waals surface area (Å²) < 4.78 is 0. The van der Waals surface area contributed by atoms with E-state index in [0.29, 0.717) is 5.92 Å². The first-order chi connectivity index (χ1) is 5.73. The lowest BCUT2D eigenvalue weighted by Gasteiger charge is -2.39. The van der Waals surface area contributed by atoms with Gasteiger partial charge in [0.25, 0.3) is 0 Å². The third-order valence-corrected chi connectivity index (χ3v) is 2.88. The largest absolute Gasteiger partial charge is 0.389 e. The third-order valence-electron chi connectivity index (χ3n) is 2.88. The van der Waals surface area contributed by atoms with Gasteiger partial charge in [-0.1, -0.05) is 13.0 Å². The van der Waals surface area contributed by atoms with E-state index in [0.717, 1.165) is 32.4 Å². The van der Waals surface area contributed by atoms with Gasteiger partial charge in [-0.3, -0.25) is 0 Å². The van der Waals surface area contributed by atoms with Crippen molar-refractivity contribution in [2.45, 2.75) is 31.8 Å². The van der Waals surface area contributed by atoms with Crippen molar-refractivity contribution in [1.82, 2.24) is 5.32 Å². The van der Waals surface area contributed by atoms with Crippen LogP contribution in [-0.2, 0) is 0 Å². The smallest absolute Gasteiger partial charge is 0.0734 e. The van der Waals surface area contributed by atoms with E-state index < -0.39 is 5.60 Å². The molecule has 1 saturated heterocycles. The lowest BCUT2D eigenvalue weighted by molar-refractivity contribution is -0.0391. The first kappa shape index (κ1) is 9.75. The Labute approximate surface area is 74.7 Å². The van der Waals surface area contributed by atoms with E-state index in [9.17, 15) is 5.11 Å². The van der Waals surface area contributed by atoms with Crippen LogP contribution in [0.5, 0.6) is 0 Å². The Balaban J connectivity index is 2.61. The lowest BCUT2D eigenvalue weighted by Crippen LogP contribution is -2.49. The van der Waals surface area contributed by atoms with Gasteiger partial charge in [-0.15, -0.1) is 6.58 Å². The molecule has 1 heterocycles. The molecule has 0 spiro atoms. The van der Waals surface area contributed by atoms with Crippen molar-refractivity contribution in [2.75, 3.05) is 13.1 Å².